The number of urea groups is 1. The third kappa shape index (κ3) is 6.12. The zero-order valence-electron chi connectivity index (χ0n) is 18.3. The van der Waals surface area contributed by atoms with Crippen molar-refractivity contribution in [3.05, 3.63) is 81.3 Å². The molecule has 3 aromatic rings. The van der Waals surface area contributed by atoms with Gasteiger partial charge in [0, 0.05) is 35.1 Å². The maximum Gasteiger partial charge on any atom is 0.337 e. The molecule has 4 rings (SSSR count). The van der Waals surface area contributed by atoms with E-state index < -0.39 is 11.9 Å². The molecular formula is C24H24ClN5O3S. The number of anilines is 1. The van der Waals surface area contributed by atoms with E-state index in [1.807, 2.05) is 29.2 Å². The van der Waals surface area contributed by atoms with Crippen LogP contribution in [0.1, 0.15) is 39.8 Å². The Balaban J connectivity index is 1.24. The zero-order valence-corrected chi connectivity index (χ0v) is 19.9. The average molecular weight is 498 g/mol. The average Bonchev–Trinajstić information content (AvgIpc) is 3.35. The molecule has 3 N–H and O–H groups in total. The van der Waals surface area contributed by atoms with Crippen molar-refractivity contribution < 1.29 is 14.4 Å². The summed E-state index contributed by atoms with van der Waals surface area (Å²) in [5.74, 6) is -0.242. The highest BCUT2D eigenvalue weighted by molar-refractivity contribution is 7.09. The van der Waals surface area contributed by atoms with Crippen LogP contribution in [0.2, 0.25) is 5.02 Å². The van der Waals surface area contributed by atoms with Crippen LogP contribution in [0.3, 0.4) is 0 Å². The fraction of sp³-hybridized carbons (Fsp3) is 0.250. The molecule has 2 heterocycles. The number of benzene rings is 2. The van der Waals surface area contributed by atoms with Gasteiger partial charge in [0.05, 0.1) is 11.4 Å². The summed E-state index contributed by atoms with van der Waals surface area (Å²) in [5.41, 5.74) is 6.38. The van der Waals surface area contributed by atoms with Crippen molar-refractivity contribution in [1.82, 2.24) is 20.7 Å². The largest absolute Gasteiger partial charge is 0.342 e. The van der Waals surface area contributed by atoms with E-state index in [1.165, 1.54) is 11.3 Å². The number of likely N-dealkylation sites (tertiary alicyclic amines) is 1. The molecule has 0 radical (unpaired) electrons. The number of piperidine rings is 1. The molecule has 1 saturated heterocycles. The van der Waals surface area contributed by atoms with Crippen molar-refractivity contribution in [3.8, 4) is 0 Å². The number of hydrogen-bond donors (Lipinski definition) is 3. The number of nitrogens with zero attached hydrogens (tertiary/aromatic N) is 2. The molecule has 0 spiro atoms. The van der Waals surface area contributed by atoms with Crippen LogP contribution in [0.25, 0.3) is 0 Å². The molecule has 1 aliphatic rings. The van der Waals surface area contributed by atoms with Gasteiger partial charge in [-0.05, 0) is 36.6 Å². The molecule has 8 nitrogen and oxygen atoms in total. The highest BCUT2D eigenvalue weighted by atomic mass is 35.5. The fourth-order valence-corrected chi connectivity index (χ4v) is 4.91. The zero-order chi connectivity index (χ0) is 23.9. The lowest BCUT2D eigenvalue weighted by Gasteiger charge is -2.31. The SMILES string of the molecule is O=C(NNC(=O)c1csc(C2CCN(C(=O)Cc3ccccc3Cl)CC2)n1)Nc1ccccc1. The molecular weight excluding hydrogens is 474 g/mol. The normalized spacial score (nSPS) is 13.9. The smallest absolute Gasteiger partial charge is 0.337 e. The topological polar surface area (TPSA) is 103 Å². The quantitative estimate of drug-likeness (QED) is 0.459. The minimum absolute atomic E-state index is 0.0607. The van der Waals surface area contributed by atoms with Crippen LogP contribution in [-0.2, 0) is 11.2 Å². The number of hydrogen-bond acceptors (Lipinski definition) is 5. The summed E-state index contributed by atoms with van der Waals surface area (Å²) < 4.78 is 0. The number of hydrazine groups is 1. The van der Waals surface area contributed by atoms with Gasteiger partial charge in [-0.1, -0.05) is 48.0 Å². The Bertz CT molecular complexity index is 1160. The molecule has 0 unspecified atom stereocenters. The Hall–Kier alpha value is -3.43. The molecule has 0 aliphatic carbocycles. The Labute approximate surface area is 206 Å². The van der Waals surface area contributed by atoms with Crippen LogP contribution in [0.5, 0.6) is 0 Å². The number of carbonyl (C=O) groups excluding carboxylic acids is 3. The van der Waals surface area contributed by atoms with E-state index in [2.05, 4.69) is 21.2 Å². The standard InChI is InChI=1S/C24H24ClN5O3S/c25-19-9-5-4-6-17(19)14-21(31)30-12-10-16(11-13-30)23-27-20(15-34-23)22(32)28-29-24(33)26-18-7-2-1-3-8-18/h1-9,15-16H,10-14H2,(H,28,32)(H2,26,29,33). The predicted molar refractivity (Wildman–Crippen MR) is 132 cm³/mol. The molecule has 1 fully saturated rings. The van der Waals surface area contributed by atoms with Gasteiger partial charge in [0.1, 0.15) is 5.69 Å². The van der Waals surface area contributed by atoms with E-state index in [9.17, 15) is 14.4 Å². The van der Waals surface area contributed by atoms with Gasteiger partial charge in [-0.15, -0.1) is 11.3 Å². The third-order valence-corrected chi connectivity index (χ3v) is 6.95. The first-order valence-electron chi connectivity index (χ1n) is 10.9. The molecule has 2 aromatic carbocycles. The van der Waals surface area contributed by atoms with Crippen LogP contribution < -0.4 is 16.2 Å². The first-order valence-corrected chi connectivity index (χ1v) is 12.1. The molecule has 176 valence electrons. The summed E-state index contributed by atoms with van der Waals surface area (Å²) in [5, 5.41) is 5.75. The maximum atomic E-state index is 12.7. The number of halogens is 1. The van der Waals surface area contributed by atoms with Crippen LogP contribution in [-0.4, -0.2) is 40.8 Å². The summed E-state index contributed by atoms with van der Waals surface area (Å²) in [6.45, 7) is 1.27. The van der Waals surface area contributed by atoms with E-state index >= 15 is 0 Å². The van der Waals surface area contributed by atoms with Crippen LogP contribution >= 0.6 is 22.9 Å². The second-order valence-corrected chi connectivity index (χ2v) is 9.19. The number of aromatic nitrogens is 1. The van der Waals surface area contributed by atoms with Gasteiger partial charge in [0.25, 0.3) is 5.91 Å². The van der Waals surface area contributed by atoms with Gasteiger partial charge in [0.15, 0.2) is 0 Å². The lowest BCUT2D eigenvalue weighted by Crippen LogP contribution is -2.44. The first kappa shape index (κ1) is 23.7. The van der Waals surface area contributed by atoms with Crippen molar-refractivity contribution in [2.24, 2.45) is 0 Å². The summed E-state index contributed by atoms with van der Waals surface area (Å²) >= 11 is 7.59. The number of rotatable bonds is 5. The van der Waals surface area contributed by atoms with E-state index in [4.69, 9.17) is 11.6 Å². The van der Waals surface area contributed by atoms with Gasteiger partial charge in [-0.2, -0.15) is 0 Å². The molecule has 4 amide bonds. The Morgan fingerprint density at radius 3 is 2.44 bits per heavy atom. The highest BCUT2D eigenvalue weighted by Crippen LogP contribution is 2.30. The Kier molecular flexibility index (Phi) is 7.76. The van der Waals surface area contributed by atoms with E-state index in [0.29, 0.717) is 23.8 Å². The van der Waals surface area contributed by atoms with Gasteiger partial charge in [0.2, 0.25) is 5.91 Å². The summed E-state index contributed by atoms with van der Waals surface area (Å²) in [7, 11) is 0. The highest BCUT2D eigenvalue weighted by Gasteiger charge is 2.26. The fourth-order valence-electron chi connectivity index (χ4n) is 3.73. The van der Waals surface area contributed by atoms with E-state index in [0.717, 1.165) is 23.4 Å². The number of amides is 4. The summed E-state index contributed by atoms with van der Waals surface area (Å²) in [6.07, 6.45) is 1.85. The second kappa shape index (κ2) is 11.1. The summed E-state index contributed by atoms with van der Waals surface area (Å²) in [4.78, 5) is 43.3. The molecule has 0 saturated carbocycles. The van der Waals surface area contributed by atoms with Crippen molar-refractivity contribution >= 4 is 46.5 Å². The molecule has 10 heteroatoms. The van der Waals surface area contributed by atoms with Crippen molar-refractivity contribution in [3.63, 3.8) is 0 Å². The lowest BCUT2D eigenvalue weighted by atomic mass is 9.97. The minimum atomic E-state index is -0.552. The number of nitrogens with one attached hydrogen (secondary N) is 3. The van der Waals surface area contributed by atoms with Crippen LogP contribution in [0, 0.1) is 0 Å². The Morgan fingerprint density at radius 2 is 1.71 bits per heavy atom. The number of carbonyl (C=O) groups is 3. The number of thiazole rings is 1. The van der Waals surface area contributed by atoms with Crippen LogP contribution in [0.4, 0.5) is 10.5 Å². The van der Waals surface area contributed by atoms with Crippen molar-refractivity contribution in [2.75, 3.05) is 18.4 Å². The Morgan fingerprint density at radius 1 is 1.00 bits per heavy atom. The molecule has 34 heavy (non-hydrogen) atoms. The minimum Gasteiger partial charge on any atom is -0.342 e. The van der Waals surface area contributed by atoms with Gasteiger partial charge in [-0.25, -0.2) is 15.2 Å². The van der Waals surface area contributed by atoms with Crippen molar-refractivity contribution in [1.29, 1.82) is 0 Å². The second-order valence-electron chi connectivity index (χ2n) is 7.89. The molecule has 0 bridgehead atoms. The molecule has 1 aliphatic heterocycles. The van der Waals surface area contributed by atoms with Gasteiger partial charge >= 0.3 is 6.03 Å². The van der Waals surface area contributed by atoms with E-state index in [1.54, 1.807) is 35.7 Å². The lowest BCUT2D eigenvalue weighted by molar-refractivity contribution is -0.131. The number of para-hydroxylation sites is 1. The third-order valence-electron chi connectivity index (χ3n) is 5.57. The first-order chi connectivity index (χ1) is 16.5. The van der Waals surface area contributed by atoms with Crippen LogP contribution in [0.15, 0.2) is 60.0 Å². The predicted octanol–water partition coefficient (Wildman–Crippen LogP) is 4.21. The summed E-state index contributed by atoms with van der Waals surface area (Å²) in [6, 6.07) is 15.7. The molecule has 1 aromatic heterocycles. The van der Waals surface area contributed by atoms with E-state index in [-0.39, 0.29) is 23.9 Å². The van der Waals surface area contributed by atoms with Crippen molar-refractivity contribution in [2.45, 2.75) is 25.2 Å². The maximum absolute atomic E-state index is 12.7. The van der Waals surface area contributed by atoms with Gasteiger partial charge in [-0.3, -0.25) is 15.0 Å². The molecule has 0 atom stereocenters. The van der Waals surface area contributed by atoms with Gasteiger partial charge < -0.3 is 10.2 Å². The monoisotopic (exact) mass is 497 g/mol.